The van der Waals surface area contributed by atoms with E-state index in [9.17, 15) is 18.0 Å². The van der Waals surface area contributed by atoms with E-state index < -0.39 is 10.0 Å². The van der Waals surface area contributed by atoms with Gasteiger partial charge in [-0.05, 0) is 31.0 Å². The van der Waals surface area contributed by atoms with E-state index in [0.29, 0.717) is 31.1 Å². The first-order chi connectivity index (χ1) is 12.6. The Bertz CT molecular complexity index is 800. The maximum absolute atomic E-state index is 12.9. The SMILES string of the molecule is Cc1ccc(C)c(S(=O)(=O)N2CC[NH+](CC(=O)NCC(=O)N(C)C)CC2)c1. The fraction of sp³-hybridized carbons (Fsp3) is 0.556. The summed E-state index contributed by atoms with van der Waals surface area (Å²) in [5, 5.41) is 2.61. The number of amides is 2. The summed E-state index contributed by atoms with van der Waals surface area (Å²) in [6, 6.07) is 5.43. The molecule has 0 radical (unpaired) electrons. The van der Waals surface area contributed by atoms with Crippen molar-refractivity contribution in [2.75, 3.05) is 53.4 Å². The van der Waals surface area contributed by atoms with Crippen molar-refractivity contribution < 1.29 is 22.9 Å². The molecular formula is C18H29N4O4S+. The number of nitrogens with one attached hydrogen (secondary N) is 2. The van der Waals surface area contributed by atoms with Gasteiger partial charge in [-0.3, -0.25) is 9.59 Å². The molecule has 27 heavy (non-hydrogen) atoms. The van der Waals surface area contributed by atoms with Crippen molar-refractivity contribution in [1.82, 2.24) is 14.5 Å². The van der Waals surface area contributed by atoms with Gasteiger partial charge in [0.1, 0.15) is 0 Å². The van der Waals surface area contributed by atoms with Gasteiger partial charge in [0.2, 0.25) is 15.9 Å². The molecule has 2 rings (SSSR count). The van der Waals surface area contributed by atoms with Gasteiger partial charge in [-0.25, -0.2) is 8.42 Å². The van der Waals surface area contributed by atoms with E-state index in [4.69, 9.17) is 0 Å². The number of benzene rings is 1. The summed E-state index contributed by atoms with van der Waals surface area (Å²) in [5.74, 6) is -0.367. The lowest BCUT2D eigenvalue weighted by Crippen LogP contribution is -3.15. The van der Waals surface area contributed by atoms with Gasteiger partial charge in [0.25, 0.3) is 5.91 Å². The quantitative estimate of drug-likeness (QED) is 0.605. The number of quaternary nitrogens is 1. The first-order valence-electron chi connectivity index (χ1n) is 8.99. The number of hydrogen-bond acceptors (Lipinski definition) is 4. The summed E-state index contributed by atoms with van der Waals surface area (Å²) in [4.78, 5) is 26.3. The number of aryl methyl sites for hydroxylation is 2. The predicted molar refractivity (Wildman–Crippen MR) is 102 cm³/mol. The predicted octanol–water partition coefficient (Wildman–Crippen LogP) is -1.60. The molecule has 2 amide bonds. The standard InChI is InChI=1S/C18H28N4O4S/c1-14-5-6-15(2)16(11-14)27(25,26)22-9-7-21(8-10-22)13-17(23)19-12-18(24)20(3)4/h5-6,11H,7-10,12-13H2,1-4H3,(H,19,23)/p+1. The highest BCUT2D eigenvalue weighted by Gasteiger charge is 2.32. The molecule has 2 N–H and O–H groups in total. The van der Waals surface area contributed by atoms with Crippen molar-refractivity contribution in [1.29, 1.82) is 0 Å². The van der Waals surface area contributed by atoms with E-state index in [-0.39, 0.29) is 24.9 Å². The molecule has 1 fully saturated rings. The van der Waals surface area contributed by atoms with Crippen molar-refractivity contribution in [3.63, 3.8) is 0 Å². The van der Waals surface area contributed by atoms with Crippen molar-refractivity contribution in [2.45, 2.75) is 18.7 Å². The van der Waals surface area contributed by atoms with Crippen LogP contribution in [0.2, 0.25) is 0 Å². The summed E-state index contributed by atoms with van der Waals surface area (Å²) in [6.45, 7) is 5.74. The molecule has 1 aliphatic rings. The van der Waals surface area contributed by atoms with Crippen molar-refractivity contribution in [2.24, 2.45) is 0 Å². The Labute approximate surface area is 161 Å². The van der Waals surface area contributed by atoms with Crippen LogP contribution in [0, 0.1) is 13.8 Å². The Morgan fingerprint density at radius 3 is 2.41 bits per heavy atom. The second-order valence-electron chi connectivity index (χ2n) is 7.16. The molecular weight excluding hydrogens is 368 g/mol. The second kappa shape index (κ2) is 8.81. The van der Waals surface area contributed by atoms with Gasteiger partial charge in [-0.2, -0.15) is 4.31 Å². The second-order valence-corrected chi connectivity index (χ2v) is 9.07. The third-order valence-corrected chi connectivity index (χ3v) is 6.78. The fourth-order valence-electron chi connectivity index (χ4n) is 2.97. The molecule has 1 saturated heterocycles. The molecule has 0 bridgehead atoms. The molecule has 1 aromatic carbocycles. The van der Waals surface area contributed by atoms with Crippen LogP contribution < -0.4 is 10.2 Å². The normalized spacial score (nSPS) is 16.1. The molecule has 0 aromatic heterocycles. The lowest BCUT2D eigenvalue weighted by Gasteiger charge is -2.31. The zero-order chi connectivity index (χ0) is 20.2. The fourth-order valence-corrected chi connectivity index (χ4v) is 4.72. The molecule has 1 aliphatic heterocycles. The number of likely N-dealkylation sites (N-methyl/N-ethyl adjacent to an activating group) is 1. The average Bonchev–Trinajstić information content (AvgIpc) is 2.62. The number of hydrogen-bond donors (Lipinski definition) is 2. The number of sulfonamides is 1. The van der Waals surface area contributed by atoms with Gasteiger partial charge in [0.05, 0.1) is 37.6 Å². The maximum Gasteiger partial charge on any atom is 0.275 e. The summed E-state index contributed by atoms with van der Waals surface area (Å²) >= 11 is 0. The molecule has 1 aromatic rings. The number of rotatable bonds is 6. The highest BCUT2D eigenvalue weighted by Crippen LogP contribution is 2.21. The van der Waals surface area contributed by atoms with Crippen LogP contribution in [0.5, 0.6) is 0 Å². The Hall–Kier alpha value is -1.97. The third-order valence-electron chi connectivity index (χ3n) is 4.74. The van der Waals surface area contributed by atoms with Crippen LogP contribution in [-0.2, 0) is 19.6 Å². The van der Waals surface area contributed by atoms with Crippen molar-refractivity contribution in [3.8, 4) is 0 Å². The minimum Gasteiger partial charge on any atom is -0.347 e. The van der Waals surface area contributed by atoms with Crippen LogP contribution in [0.15, 0.2) is 23.1 Å². The van der Waals surface area contributed by atoms with Gasteiger partial charge in [0.15, 0.2) is 6.54 Å². The summed E-state index contributed by atoms with van der Waals surface area (Å²) < 4.78 is 27.3. The molecule has 0 unspecified atom stereocenters. The smallest absolute Gasteiger partial charge is 0.275 e. The van der Waals surface area contributed by atoms with Crippen molar-refractivity contribution >= 4 is 21.8 Å². The van der Waals surface area contributed by atoms with Crippen LogP contribution in [0.25, 0.3) is 0 Å². The highest BCUT2D eigenvalue weighted by molar-refractivity contribution is 7.89. The Morgan fingerprint density at radius 1 is 1.19 bits per heavy atom. The number of piperazine rings is 1. The highest BCUT2D eigenvalue weighted by atomic mass is 32.2. The lowest BCUT2D eigenvalue weighted by atomic mass is 10.2. The van der Waals surface area contributed by atoms with E-state index in [1.807, 2.05) is 19.1 Å². The molecule has 9 heteroatoms. The zero-order valence-electron chi connectivity index (χ0n) is 16.4. The molecule has 0 aliphatic carbocycles. The molecule has 0 atom stereocenters. The van der Waals surface area contributed by atoms with Gasteiger partial charge < -0.3 is 15.1 Å². The lowest BCUT2D eigenvalue weighted by molar-refractivity contribution is -0.895. The van der Waals surface area contributed by atoms with Crippen LogP contribution >= 0.6 is 0 Å². The topological polar surface area (TPSA) is 91.2 Å². The molecule has 0 spiro atoms. The van der Waals surface area contributed by atoms with Gasteiger partial charge in [-0.1, -0.05) is 12.1 Å². The summed E-state index contributed by atoms with van der Waals surface area (Å²) in [5.41, 5.74) is 1.65. The van der Waals surface area contributed by atoms with E-state index in [1.165, 1.54) is 9.21 Å². The third kappa shape index (κ3) is 5.50. The van der Waals surface area contributed by atoms with E-state index in [0.717, 1.165) is 16.0 Å². The Morgan fingerprint density at radius 2 is 1.81 bits per heavy atom. The molecule has 150 valence electrons. The first-order valence-corrected chi connectivity index (χ1v) is 10.4. The van der Waals surface area contributed by atoms with Crippen LogP contribution in [0.4, 0.5) is 0 Å². The molecule has 0 saturated carbocycles. The number of carbonyl (C=O) groups is 2. The van der Waals surface area contributed by atoms with E-state index in [1.54, 1.807) is 27.1 Å². The Balaban J connectivity index is 1.90. The van der Waals surface area contributed by atoms with Crippen LogP contribution in [-0.4, -0.2) is 82.8 Å². The first kappa shape index (κ1) is 21.3. The molecule has 8 nitrogen and oxygen atoms in total. The zero-order valence-corrected chi connectivity index (χ0v) is 17.2. The monoisotopic (exact) mass is 397 g/mol. The molecule has 1 heterocycles. The van der Waals surface area contributed by atoms with Gasteiger partial charge >= 0.3 is 0 Å². The van der Waals surface area contributed by atoms with Crippen LogP contribution in [0.3, 0.4) is 0 Å². The summed E-state index contributed by atoms with van der Waals surface area (Å²) in [6.07, 6.45) is 0. The van der Waals surface area contributed by atoms with Crippen LogP contribution in [0.1, 0.15) is 11.1 Å². The average molecular weight is 398 g/mol. The maximum atomic E-state index is 12.9. The van der Waals surface area contributed by atoms with Gasteiger partial charge in [-0.15, -0.1) is 0 Å². The van der Waals surface area contributed by atoms with E-state index in [2.05, 4.69) is 5.32 Å². The minimum absolute atomic E-state index is 0.0216. The Kier molecular flexibility index (Phi) is 6.96. The van der Waals surface area contributed by atoms with E-state index >= 15 is 0 Å². The largest absolute Gasteiger partial charge is 0.347 e. The minimum atomic E-state index is -3.53. The van der Waals surface area contributed by atoms with Crippen molar-refractivity contribution in [3.05, 3.63) is 29.3 Å². The summed E-state index contributed by atoms with van der Waals surface area (Å²) in [7, 11) is -0.260. The van der Waals surface area contributed by atoms with Gasteiger partial charge in [0, 0.05) is 14.1 Å². The number of carbonyl (C=O) groups excluding carboxylic acids is 2. The number of nitrogens with zero attached hydrogens (tertiary/aromatic N) is 2.